The first-order chi connectivity index (χ1) is 14.3. The fraction of sp³-hybridized carbons (Fsp3) is 0.174. The average Bonchev–Trinajstić information content (AvgIpc) is 2.71. The Morgan fingerprint density at radius 3 is 2.13 bits per heavy atom. The predicted octanol–water partition coefficient (Wildman–Crippen LogP) is 4.03. The van der Waals surface area contributed by atoms with Crippen molar-refractivity contribution in [1.29, 1.82) is 0 Å². The SMILES string of the molecule is Cc1ccccc1CNC(=O)c1ccc(N(Cc2ccccc2F)S(C)(=O)=O)cc1. The third kappa shape index (κ3) is 5.24. The van der Waals surface area contributed by atoms with E-state index in [0.29, 0.717) is 17.8 Å². The molecule has 0 heterocycles. The number of amides is 1. The van der Waals surface area contributed by atoms with Crippen molar-refractivity contribution < 1.29 is 17.6 Å². The summed E-state index contributed by atoms with van der Waals surface area (Å²) in [7, 11) is -3.65. The largest absolute Gasteiger partial charge is 0.348 e. The van der Waals surface area contributed by atoms with Gasteiger partial charge in [0.25, 0.3) is 5.91 Å². The zero-order chi connectivity index (χ0) is 21.7. The molecule has 0 aromatic heterocycles. The Morgan fingerprint density at radius 1 is 0.933 bits per heavy atom. The molecule has 3 aromatic carbocycles. The van der Waals surface area contributed by atoms with Crippen LogP contribution in [0, 0.1) is 12.7 Å². The van der Waals surface area contributed by atoms with Gasteiger partial charge in [0.15, 0.2) is 0 Å². The second-order valence-corrected chi connectivity index (χ2v) is 8.92. The number of carbonyl (C=O) groups is 1. The highest BCUT2D eigenvalue weighted by Gasteiger charge is 2.20. The molecule has 0 fully saturated rings. The quantitative estimate of drug-likeness (QED) is 0.620. The molecule has 0 radical (unpaired) electrons. The van der Waals surface area contributed by atoms with Gasteiger partial charge in [0, 0.05) is 17.7 Å². The smallest absolute Gasteiger partial charge is 0.251 e. The lowest BCUT2D eigenvalue weighted by Crippen LogP contribution is -2.30. The van der Waals surface area contributed by atoms with Gasteiger partial charge in [-0.1, -0.05) is 42.5 Å². The second kappa shape index (κ2) is 9.09. The molecular weight excluding hydrogens is 403 g/mol. The molecule has 0 bridgehead atoms. The summed E-state index contributed by atoms with van der Waals surface area (Å²) in [5.41, 5.74) is 3.14. The molecule has 0 aliphatic heterocycles. The van der Waals surface area contributed by atoms with Crippen LogP contribution in [0.5, 0.6) is 0 Å². The van der Waals surface area contributed by atoms with Gasteiger partial charge in [-0.15, -0.1) is 0 Å². The third-order valence-electron chi connectivity index (χ3n) is 4.79. The summed E-state index contributed by atoms with van der Waals surface area (Å²) in [5.74, 6) is -0.733. The number of anilines is 1. The summed E-state index contributed by atoms with van der Waals surface area (Å²) in [6.45, 7) is 2.24. The minimum Gasteiger partial charge on any atom is -0.348 e. The Labute approximate surface area is 176 Å². The van der Waals surface area contributed by atoms with E-state index in [2.05, 4.69) is 5.32 Å². The maximum absolute atomic E-state index is 14.0. The van der Waals surface area contributed by atoms with Gasteiger partial charge in [0.1, 0.15) is 5.82 Å². The summed E-state index contributed by atoms with van der Waals surface area (Å²) in [5, 5.41) is 2.86. The summed E-state index contributed by atoms with van der Waals surface area (Å²) >= 11 is 0. The van der Waals surface area contributed by atoms with Crippen molar-refractivity contribution in [2.45, 2.75) is 20.0 Å². The van der Waals surface area contributed by atoms with E-state index >= 15 is 0 Å². The lowest BCUT2D eigenvalue weighted by molar-refractivity contribution is 0.0951. The molecule has 0 saturated carbocycles. The van der Waals surface area contributed by atoms with Crippen LogP contribution in [0.3, 0.4) is 0 Å². The first kappa shape index (κ1) is 21.5. The molecular formula is C23H23FN2O3S. The van der Waals surface area contributed by atoms with E-state index in [1.807, 2.05) is 31.2 Å². The van der Waals surface area contributed by atoms with E-state index in [9.17, 15) is 17.6 Å². The van der Waals surface area contributed by atoms with Crippen LogP contribution in [0.4, 0.5) is 10.1 Å². The van der Waals surface area contributed by atoms with Gasteiger partial charge in [-0.3, -0.25) is 9.10 Å². The first-order valence-corrected chi connectivity index (χ1v) is 11.2. The van der Waals surface area contributed by atoms with Gasteiger partial charge in [-0.05, 0) is 48.4 Å². The molecule has 0 aliphatic carbocycles. The molecule has 156 valence electrons. The Balaban J connectivity index is 1.75. The number of hydrogen-bond acceptors (Lipinski definition) is 3. The van der Waals surface area contributed by atoms with Crippen molar-refractivity contribution in [3.05, 3.63) is 101 Å². The van der Waals surface area contributed by atoms with E-state index < -0.39 is 15.8 Å². The molecule has 0 aliphatic rings. The number of nitrogens with one attached hydrogen (secondary N) is 1. The van der Waals surface area contributed by atoms with Crippen molar-refractivity contribution >= 4 is 21.6 Å². The van der Waals surface area contributed by atoms with Gasteiger partial charge >= 0.3 is 0 Å². The fourth-order valence-electron chi connectivity index (χ4n) is 3.05. The maximum Gasteiger partial charge on any atom is 0.251 e. The lowest BCUT2D eigenvalue weighted by atomic mass is 10.1. The number of nitrogens with zero attached hydrogens (tertiary/aromatic N) is 1. The van der Waals surface area contributed by atoms with Gasteiger partial charge in [0.2, 0.25) is 10.0 Å². The highest BCUT2D eigenvalue weighted by Crippen LogP contribution is 2.22. The highest BCUT2D eigenvalue weighted by molar-refractivity contribution is 7.92. The van der Waals surface area contributed by atoms with Gasteiger partial charge < -0.3 is 5.32 Å². The molecule has 0 saturated heterocycles. The van der Waals surface area contributed by atoms with Crippen LogP contribution in [0.1, 0.15) is 27.0 Å². The molecule has 5 nitrogen and oxygen atoms in total. The van der Waals surface area contributed by atoms with Gasteiger partial charge in [-0.2, -0.15) is 0 Å². The normalized spacial score (nSPS) is 11.2. The monoisotopic (exact) mass is 426 g/mol. The molecule has 0 unspecified atom stereocenters. The van der Waals surface area contributed by atoms with E-state index in [-0.39, 0.29) is 18.0 Å². The van der Waals surface area contributed by atoms with E-state index in [4.69, 9.17) is 0 Å². The summed E-state index contributed by atoms with van der Waals surface area (Å²) in [4.78, 5) is 12.5. The van der Waals surface area contributed by atoms with Gasteiger partial charge in [-0.25, -0.2) is 12.8 Å². The van der Waals surface area contributed by atoms with Crippen molar-refractivity contribution in [2.24, 2.45) is 0 Å². The molecule has 1 N–H and O–H groups in total. The zero-order valence-corrected chi connectivity index (χ0v) is 17.6. The predicted molar refractivity (Wildman–Crippen MR) is 116 cm³/mol. The molecule has 7 heteroatoms. The van der Waals surface area contributed by atoms with Crippen molar-refractivity contribution in [1.82, 2.24) is 5.32 Å². The number of aryl methyl sites for hydroxylation is 1. The Bertz CT molecular complexity index is 1150. The standard InChI is InChI=1S/C23H23FN2O3S/c1-17-7-3-4-8-19(17)15-25-23(27)18-11-13-21(14-12-18)26(30(2,28)29)16-20-9-5-6-10-22(20)24/h3-14H,15-16H2,1-2H3,(H,25,27). The number of benzene rings is 3. The molecule has 3 aromatic rings. The van der Waals surface area contributed by atoms with Crippen LogP contribution in [0.15, 0.2) is 72.8 Å². The Hall–Kier alpha value is -3.19. The molecule has 1 amide bonds. The Kier molecular flexibility index (Phi) is 6.52. The van der Waals surface area contributed by atoms with Crippen LogP contribution in [-0.2, 0) is 23.1 Å². The summed E-state index contributed by atoms with van der Waals surface area (Å²) in [6, 6.07) is 20.0. The zero-order valence-electron chi connectivity index (χ0n) is 16.8. The Morgan fingerprint density at radius 2 is 1.53 bits per heavy atom. The highest BCUT2D eigenvalue weighted by atomic mass is 32.2. The second-order valence-electron chi connectivity index (χ2n) is 7.02. The molecule has 0 spiro atoms. The topological polar surface area (TPSA) is 66.5 Å². The van der Waals surface area contributed by atoms with E-state index in [1.54, 1.807) is 42.5 Å². The molecule has 0 atom stereocenters. The average molecular weight is 427 g/mol. The molecule has 30 heavy (non-hydrogen) atoms. The third-order valence-corrected chi connectivity index (χ3v) is 5.93. The summed E-state index contributed by atoms with van der Waals surface area (Å²) < 4.78 is 39.7. The molecule has 3 rings (SSSR count). The fourth-order valence-corrected chi connectivity index (χ4v) is 3.92. The minimum absolute atomic E-state index is 0.135. The number of halogens is 1. The summed E-state index contributed by atoms with van der Waals surface area (Å²) in [6.07, 6.45) is 1.07. The van der Waals surface area contributed by atoms with E-state index in [1.165, 1.54) is 6.07 Å². The number of hydrogen-bond donors (Lipinski definition) is 1. The van der Waals surface area contributed by atoms with Crippen LogP contribution in [0.2, 0.25) is 0 Å². The van der Waals surface area contributed by atoms with Crippen molar-refractivity contribution in [3.8, 4) is 0 Å². The van der Waals surface area contributed by atoms with Crippen molar-refractivity contribution in [3.63, 3.8) is 0 Å². The van der Waals surface area contributed by atoms with E-state index in [0.717, 1.165) is 21.7 Å². The van der Waals surface area contributed by atoms with Crippen LogP contribution in [0.25, 0.3) is 0 Å². The van der Waals surface area contributed by atoms with Crippen LogP contribution < -0.4 is 9.62 Å². The number of sulfonamides is 1. The first-order valence-electron chi connectivity index (χ1n) is 9.39. The maximum atomic E-state index is 14.0. The number of rotatable bonds is 7. The van der Waals surface area contributed by atoms with Gasteiger partial charge in [0.05, 0.1) is 18.5 Å². The van der Waals surface area contributed by atoms with Crippen LogP contribution in [-0.4, -0.2) is 20.6 Å². The lowest BCUT2D eigenvalue weighted by Gasteiger charge is -2.23. The minimum atomic E-state index is -3.65. The van der Waals surface area contributed by atoms with Crippen molar-refractivity contribution in [2.75, 3.05) is 10.6 Å². The number of carbonyl (C=O) groups excluding carboxylic acids is 1. The van der Waals surface area contributed by atoms with Crippen LogP contribution >= 0.6 is 0 Å².